The van der Waals surface area contributed by atoms with Gasteiger partial charge in [0.05, 0.1) is 39.0 Å². The normalized spacial score (nSPS) is 15.3. The Morgan fingerprint density at radius 3 is 1.19 bits per heavy atom. The minimum absolute atomic E-state index is 0.0601. The molecule has 4 aliphatic rings. The molecule has 0 saturated carbocycles. The van der Waals surface area contributed by atoms with Gasteiger partial charge in [0.1, 0.15) is 0 Å². The van der Waals surface area contributed by atoms with Crippen LogP contribution in [0.25, 0.3) is 122 Å². The highest BCUT2D eigenvalue weighted by molar-refractivity contribution is 6.12. The predicted octanol–water partition coefficient (Wildman–Crippen LogP) is 18.2. The predicted molar refractivity (Wildman–Crippen MR) is 322 cm³/mol. The Balaban J connectivity index is 0.963. The summed E-state index contributed by atoms with van der Waals surface area (Å²) in [6, 6.07) is 90.3. The molecular weight excluding hydrogens is 945 g/mol. The molecule has 0 aliphatic heterocycles. The van der Waals surface area contributed by atoms with Crippen molar-refractivity contribution in [1.82, 2.24) is 18.3 Å². The fraction of sp³-hybridized carbons (Fsp3) is 0.0541. The molecule has 11 aromatic carbocycles. The van der Waals surface area contributed by atoms with Gasteiger partial charge >= 0.3 is 0 Å². The number of allylic oxidation sites excluding steroid dienone is 1. The lowest BCUT2D eigenvalue weighted by Crippen LogP contribution is -2.27. The Labute approximate surface area is 449 Å². The van der Waals surface area contributed by atoms with Gasteiger partial charge in [-0.05, 0) is 147 Å². The molecule has 4 heterocycles. The standard InChI is InChI=1S/C74H46N4/c1-9-25-63-50(17-1)51-18-2-10-26-64(51)75(63)44-33-36-47-48-37-34-45(76-65-27-11-3-19-52(65)53-20-4-12-28-66(53)76)42-61(48)74(60(47)41-44)62-43-46(77-67-29-13-5-21-54(67)55-22-6-14-30-68(55)77)35-38-49(62)58-39-40-59-71(72(58)74)73(59)78-69-31-15-7-23-56(69)57-24-8-16-32-70(57)78/h1-13,15-29,31-43,73H,14,30H2. The van der Waals surface area contributed by atoms with Crippen LogP contribution < -0.4 is 0 Å². The van der Waals surface area contributed by atoms with E-state index in [0.29, 0.717) is 0 Å². The number of para-hydroxylation sites is 7. The molecule has 0 N–H and O–H groups in total. The van der Waals surface area contributed by atoms with Crippen LogP contribution in [0.3, 0.4) is 0 Å². The van der Waals surface area contributed by atoms with Crippen molar-refractivity contribution in [3.05, 3.63) is 287 Å². The smallest absolute Gasteiger partial charge is 0.0855 e. The topological polar surface area (TPSA) is 19.7 Å². The molecule has 4 aromatic heterocycles. The Kier molecular flexibility index (Phi) is 7.81. The number of benzene rings is 11. The van der Waals surface area contributed by atoms with E-state index in [0.717, 1.165) is 12.8 Å². The minimum atomic E-state index is -0.712. The fourth-order valence-electron chi connectivity index (χ4n) is 15.6. The van der Waals surface area contributed by atoms with E-state index in [1.807, 2.05) is 0 Å². The highest BCUT2D eigenvalue weighted by Gasteiger charge is 2.57. The SMILES string of the molecule is C1=Cc2c(n(-c3ccc4c(c3)C3(c5cc(-n6c7ccccc7c7ccccc76)ccc5-c5ccc(-n6c7ccccc7c7ccccc76)cc53)c3c-4ccc4c3C4n3c4ccccc4c4ccccc43)c3ccccc23)CC1. The van der Waals surface area contributed by atoms with E-state index in [4.69, 9.17) is 0 Å². The zero-order valence-corrected chi connectivity index (χ0v) is 42.5. The maximum atomic E-state index is 2.66. The molecule has 19 rings (SSSR count). The third kappa shape index (κ3) is 5.03. The van der Waals surface area contributed by atoms with Crippen molar-refractivity contribution in [2.45, 2.75) is 24.3 Å². The van der Waals surface area contributed by atoms with Crippen molar-refractivity contribution < 1.29 is 0 Å². The van der Waals surface area contributed by atoms with Gasteiger partial charge in [0.25, 0.3) is 0 Å². The van der Waals surface area contributed by atoms with Gasteiger partial charge < -0.3 is 18.3 Å². The van der Waals surface area contributed by atoms with Gasteiger partial charge in [0.2, 0.25) is 0 Å². The van der Waals surface area contributed by atoms with Crippen LogP contribution in [0.2, 0.25) is 0 Å². The zero-order valence-electron chi connectivity index (χ0n) is 42.5. The summed E-state index contributed by atoms with van der Waals surface area (Å²) in [6.45, 7) is 0. The highest BCUT2D eigenvalue weighted by Crippen LogP contribution is 2.68. The summed E-state index contributed by atoms with van der Waals surface area (Å²) in [4.78, 5) is 0. The van der Waals surface area contributed by atoms with Gasteiger partial charge in [-0.1, -0.05) is 170 Å². The number of rotatable bonds is 4. The lowest BCUT2D eigenvalue weighted by Gasteiger charge is -2.32. The maximum absolute atomic E-state index is 2.66. The molecule has 0 amide bonds. The third-order valence-electron chi connectivity index (χ3n) is 18.6. The average Bonchev–Trinajstić information content (AvgIpc) is 3.93. The van der Waals surface area contributed by atoms with Crippen molar-refractivity contribution in [3.63, 3.8) is 0 Å². The molecule has 4 aliphatic carbocycles. The lowest BCUT2D eigenvalue weighted by molar-refractivity contribution is 0.770. The molecule has 362 valence electrons. The van der Waals surface area contributed by atoms with E-state index >= 15 is 0 Å². The molecule has 0 bridgehead atoms. The van der Waals surface area contributed by atoms with Gasteiger partial charge in [-0.3, -0.25) is 0 Å². The molecule has 15 aromatic rings. The van der Waals surface area contributed by atoms with Gasteiger partial charge in [0, 0.05) is 77.1 Å². The Bertz CT molecular complexity index is 4910. The molecule has 1 spiro atoms. The first-order valence-corrected chi connectivity index (χ1v) is 27.6. The monoisotopic (exact) mass is 990 g/mol. The summed E-state index contributed by atoms with van der Waals surface area (Å²) in [5, 5.41) is 8.96. The van der Waals surface area contributed by atoms with Gasteiger partial charge in [0.15, 0.2) is 0 Å². The van der Waals surface area contributed by atoms with E-state index in [9.17, 15) is 0 Å². The molecule has 4 heteroatoms. The fourth-order valence-corrected chi connectivity index (χ4v) is 15.6. The van der Waals surface area contributed by atoms with Crippen molar-refractivity contribution in [2.24, 2.45) is 0 Å². The molecule has 0 radical (unpaired) electrons. The van der Waals surface area contributed by atoms with Crippen LogP contribution in [-0.2, 0) is 11.8 Å². The first-order valence-electron chi connectivity index (χ1n) is 27.6. The van der Waals surface area contributed by atoms with Crippen molar-refractivity contribution in [3.8, 4) is 39.3 Å². The third-order valence-corrected chi connectivity index (χ3v) is 18.6. The summed E-state index contributed by atoms with van der Waals surface area (Å²) < 4.78 is 10.3. The van der Waals surface area contributed by atoms with Crippen molar-refractivity contribution >= 4 is 82.4 Å². The van der Waals surface area contributed by atoms with E-state index < -0.39 is 5.41 Å². The van der Waals surface area contributed by atoms with Gasteiger partial charge in [-0.25, -0.2) is 0 Å². The maximum Gasteiger partial charge on any atom is 0.0855 e. The summed E-state index contributed by atoms with van der Waals surface area (Å²) in [5.74, 6) is 0. The van der Waals surface area contributed by atoms with Crippen molar-refractivity contribution in [2.75, 3.05) is 0 Å². The minimum Gasteiger partial charge on any atom is -0.329 e. The number of hydrogen-bond acceptors (Lipinski definition) is 0. The summed E-state index contributed by atoms with van der Waals surface area (Å²) in [7, 11) is 0. The second kappa shape index (κ2) is 14.7. The summed E-state index contributed by atoms with van der Waals surface area (Å²) >= 11 is 0. The second-order valence-electron chi connectivity index (χ2n) is 22.1. The highest BCUT2D eigenvalue weighted by atomic mass is 15.1. The van der Waals surface area contributed by atoms with Crippen LogP contribution in [0.5, 0.6) is 0 Å². The van der Waals surface area contributed by atoms with E-state index in [-0.39, 0.29) is 6.04 Å². The van der Waals surface area contributed by atoms with Crippen LogP contribution in [0.4, 0.5) is 0 Å². The number of fused-ring (bicyclic) bond motifs is 24. The number of nitrogens with zero attached hydrogens (tertiary/aromatic N) is 4. The van der Waals surface area contributed by atoms with Crippen LogP contribution in [0.15, 0.2) is 243 Å². The van der Waals surface area contributed by atoms with Crippen molar-refractivity contribution in [1.29, 1.82) is 0 Å². The van der Waals surface area contributed by atoms with E-state index in [2.05, 4.69) is 267 Å². The summed E-state index contributed by atoms with van der Waals surface area (Å²) in [6.07, 6.45) is 6.74. The van der Waals surface area contributed by atoms with E-state index in [1.165, 1.54) is 160 Å². The van der Waals surface area contributed by atoms with Crippen LogP contribution >= 0.6 is 0 Å². The average molecular weight is 991 g/mol. The number of aromatic nitrogens is 4. The zero-order chi connectivity index (χ0) is 50.5. The molecule has 78 heavy (non-hydrogen) atoms. The molecule has 0 fully saturated rings. The molecule has 0 saturated heterocycles. The largest absolute Gasteiger partial charge is 0.329 e. The molecule has 1 atom stereocenters. The molecule has 4 nitrogen and oxygen atoms in total. The summed E-state index contributed by atoms with van der Waals surface area (Å²) in [5.41, 5.74) is 27.7. The first kappa shape index (κ1) is 41.4. The molecule has 1 unspecified atom stereocenters. The Morgan fingerprint density at radius 1 is 0.346 bits per heavy atom. The van der Waals surface area contributed by atoms with Crippen LogP contribution in [0.1, 0.15) is 57.1 Å². The lowest BCUT2D eigenvalue weighted by atomic mass is 9.70. The van der Waals surface area contributed by atoms with Gasteiger partial charge in [-0.2, -0.15) is 0 Å². The first-order chi connectivity index (χ1) is 38.7. The van der Waals surface area contributed by atoms with Gasteiger partial charge in [-0.15, -0.1) is 0 Å². The van der Waals surface area contributed by atoms with E-state index in [1.54, 1.807) is 0 Å². The second-order valence-corrected chi connectivity index (χ2v) is 22.1. The Morgan fingerprint density at radius 2 is 0.718 bits per heavy atom. The quantitative estimate of drug-likeness (QED) is 0.167. The Hall–Kier alpha value is -9.90. The number of hydrogen-bond donors (Lipinski definition) is 0. The van der Waals surface area contributed by atoms with Crippen LogP contribution in [-0.4, -0.2) is 18.3 Å². The molecular formula is C74H46N4. The van der Waals surface area contributed by atoms with Crippen LogP contribution in [0, 0.1) is 0 Å².